The van der Waals surface area contributed by atoms with Gasteiger partial charge in [-0.15, -0.1) is 0 Å². The second kappa shape index (κ2) is 11.4. The van der Waals surface area contributed by atoms with E-state index in [2.05, 4.69) is 21.7 Å². The molecular formula is C30H28ClN3O2. The number of piperidine rings is 1. The predicted octanol–water partition coefficient (Wildman–Crippen LogP) is 5.88. The van der Waals surface area contributed by atoms with Gasteiger partial charge in [-0.25, -0.2) is 4.98 Å². The lowest BCUT2D eigenvalue weighted by Gasteiger charge is -2.24. The van der Waals surface area contributed by atoms with E-state index < -0.39 is 0 Å². The van der Waals surface area contributed by atoms with Crippen LogP contribution < -0.4 is 15.4 Å². The topological polar surface area (TPSA) is 63.2 Å². The van der Waals surface area contributed by atoms with Crippen LogP contribution in [0.25, 0.3) is 22.6 Å². The number of hydrogen-bond acceptors (Lipinski definition) is 4. The second-order valence-electron chi connectivity index (χ2n) is 8.92. The summed E-state index contributed by atoms with van der Waals surface area (Å²) < 4.78 is 5.99. The molecule has 1 aliphatic rings. The molecular weight excluding hydrogens is 470 g/mol. The summed E-state index contributed by atoms with van der Waals surface area (Å²) in [5.41, 5.74) is 4.16. The van der Waals surface area contributed by atoms with Crippen LogP contribution in [0.2, 0.25) is 5.02 Å². The molecule has 5 rings (SSSR count). The number of benzene rings is 3. The van der Waals surface area contributed by atoms with Crippen LogP contribution in [0.3, 0.4) is 0 Å². The molecule has 0 bridgehead atoms. The first kappa shape index (κ1) is 24.0. The third-order valence-corrected chi connectivity index (χ3v) is 6.56. The molecule has 182 valence electrons. The number of nitrogens with zero attached hydrogens (tertiary/aromatic N) is 1. The fourth-order valence-electron chi connectivity index (χ4n) is 4.31. The molecule has 0 atom stereocenters. The molecule has 1 aromatic heterocycles. The summed E-state index contributed by atoms with van der Waals surface area (Å²) in [7, 11) is 0. The first-order valence-electron chi connectivity index (χ1n) is 12.2. The van der Waals surface area contributed by atoms with Crippen molar-refractivity contribution in [3.63, 3.8) is 0 Å². The monoisotopic (exact) mass is 497 g/mol. The van der Waals surface area contributed by atoms with E-state index >= 15 is 0 Å². The highest BCUT2D eigenvalue weighted by Gasteiger charge is 2.19. The third kappa shape index (κ3) is 6.11. The average Bonchev–Trinajstić information content (AvgIpc) is 2.92. The molecule has 0 radical (unpaired) electrons. The van der Waals surface area contributed by atoms with E-state index in [1.807, 2.05) is 84.9 Å². The maximum Gasteiger partial charge on any atom is 0.252 e. The van der Waals surface area contributed by atoms with Crippen molar-refractivity contribution in [2.45, 2.75) is 25.5 Å². The molecule has 5 nitrogen and oxygen atoms in total. The van der Waals surface area contributed by atoms with Gasteiger partial charge in [0, 0.05) is 22.0 Å². The predicted molar refractivity (Wildman–Crippen MR) is 146 cm³/mol. The molecule has 1 fully saturated rings. The number of carbonyl (C=O) groups excluding carboxylic acids is 1. The molecule has 0 spiro atoms. The summed E-state index contributed by atoms with van der Waals surface area (Å²) >= 11 is 6.05. The van der Waals surface area contributed by atoms with Gasteiger partial charge in [0.2, 0.25) is 0 Å². The number of fused-ring (bicyclic) bond motifs is 1. The fourth-order valence-corrected chi connectivity index (χ4v) is 4.44. The van der Waals surface area contributed by atoms with Gasteiger partial charge in [-0.1, -0.05) is 60.1 Å². The van der Waals surface area contributed by atoms with Crippen LogP contribution >= 0.6 is 11.6 Å². The van der Waals surface area contributed by atoms with E-state index in [-0.39, 0.29) is 11.9 Å². The Morgan fingerprint density at radius 3 is 2.50 bits per heavy atom. The molecule has 6 heteroatoms. The Morgan fingerprint density at radius 2 is 1.72 bits per heavy atom. The van der Waals surface area contributed by atoms with E-state index in [1.54, 1.807) is 0 Å². The lowest BCUT2D eigenvalue weighted by Crippen LogP contribution is -2.42. The van der Waals surface area contributed by atoms with Crippen LogP contribution in [0.4, 0.5) is 0 Å². The van der Waals surface area contributed by atoms with Gasteiger partial charge in [0.25, 0.3) is 5.91 Å². The maximum absolute atomic E-state index is 13.3. The van der Waals surface area contributed by atoms with E-state index in [0.717, 1.165) is 59.4 Å². The number of amides is 1. The minimum absolute atomic E-state index is 0.0779. The largest absolute Gasteiger partial charge is 0.487 e. The Kier molecular flexibility index (Phi) is 7.60. The number of aromatic nitrogens is 1. The molecule has 36 heavy (non-hydrogen) atoms. The summed E-state index contributed by atoms with van der Waals surface area (Å²) in [6.07, 6.45) is 3.76. The quantitative estimate of drug-likeness (QED) is 0.247. The highest BCUT2D eigenvalue weighted by Crippen LogP contribution is 2.24. The third-order valence-electron chi connectivity index (χ3n) is 6.31. The van der Waals surface area contributed by atoms with Crippen LogP contribution in [0, 0.1) is 0 Å². The number of nitrogens with one attached hydrogen (secondary N) is 2. The van der Waals surface area contributed by atoms with Crippen molar-refractivity contribution in [1.82, 2.24) is 15.6 Å². The van der Waals surface area contributed by atoms with Gasteiger partial charge >= 0.3 is 0 Å². The SMILES string of the molecule is O=C(NC1CCNCC1)C(=Cc1ccc(Cl)cc1)c1ccc(OCc2ccc3ccccc3n2)cc1. The van der Waals surface area contributed by atoms with Gasteiger partial charge in [0.05, 0.1) is 11.2 Å². The van der Waals surface area contributed by atoms with Crippen molar-refractivity contribution in [2.75, 3.05) is 13.1 Å². The number of ether oxygens (including phenoxy) is 1. The Balaban J connectivity index is 1.33. The number of para-hydroxylation sites is 1. The Labute approximate surface area is 216 Å². The molecule has 4 aromatic rings. The van der Waals surface area contributed by atoms with Gasteiger partial charge in [-0.2, -0.15) is 0 Å². The average molecular weight is 498 g/mol. The summed E-state index contributed by atoms with van der Waals surface area (Å²) in [5, 5.41) is 8.32. The lowest BCUT2D eigenvalue weighted by atomic mass is 10.00. The standard InChI is InChI=1S/C30H28ClN3O2/c31-24-10-5-21(6-11-24)19-28(30(35)34-25-15-17-32-18-16-25)22-8-13-27(14-9-22)36-20-26-12-7-23-3-1-2-4-29(23)33-26/h1-14,19,25,32H,15-18,20H2,(H,34,35). The zero-order chi connectivity index (χ0) is 24.7. The van der Waals surface area contributed by atoms with E-state index in [9.17, 15) is 4.79 Å². The van der Waals surface area contributed by atoms with Crippen LogP contribution in [-0.4, -0.2) is 30.0 Å². The van der Waals surface area contributed by atoms with Crippen LogP contribution in [0.5, 0.6) is 5.75 Å². The van der Waals surface area contributed by atoms with Crippen LogP contribution in [0.1, 0.15) is 29.7 Å². The summed E-state index contributed by atoms with van der Waals surface area (Å²) in [6.45, 7) is 2.20. The molecule has 1 aliphatic heterocycles. The first-order chi connectivity index (χ1) is 17.6. The van der Waals surface area contributed by atoms with Gasteiger partial charge < -0.3 is 15.4 Å². The summed E-state index contributed by atoms with van der Waals surface area (Å²) in [6, 6.07) is 27.3. The molecule has 1 amide bonds. The van der Waals surface area contributed by atoms with Crippen molar-refractivity contribution >= 4 is 40.1 Å². The van der Waals surface area contributed by atoms with Gasteiger partial charge in [0.15, 0.2) is 0 Å². The fraction of sp³-hybridized carbons (Fsp3) is 0.200. The number of hydrogen-bond donors (Lipinski definition) is 2. The van der Waals surface area contributed by atoms with Crippen molar-refractivity contribution < 1.29 is 9.53 Å². The Bertz CT molecular complexity index is 1360. The minimum atomic E-state index is -0.0779. The van der Waals surface area contributed by atoms with E-state index in [0.29, 0.717) is 17.2 Å². The highest BCUT2D eigenvalue weighted by atomic mass is 35.5. The molecule has 0 saturated carbocycles. The van der Waals surface area contributed by atoms with Crippen LogP contribution in [-0.2, 0) is 11.4 Å². The van der Waals surface area contributed by atoms with Gasteiger partial charge in [0.1, 0.15) is 12.4 Å². The van der Waals surface area contributed by atoms with Crippen molar-refractivity contribution in [3.8, 4) is 5.75 Å². The number of carbonyl (C=O) groups is 1. The Morgan fingerprint density at radius 1 is 0.972 bits per heavy atom. The summed E-state index contributed by atoms with van der Waals surface area (Å²) in [4.78, 5) is 18.0. The summed E-state index contributed by atoms with van der Waals surface area (Å²) in [5.74, 6) is 0.643. The van der Waals surface area contributed by atoms with Crippen molar-refractivity contribution in [1.29, 1.82) is 0 Å². The zero-order valence-corrected chi connectivity index (χ0v) is 20.7. The molecule has 0 aliphatic carbocycles. The number of rotatable bonds is 7. The Hall–Kier alpha value is -3.67. The van der Waals surface area contributed by atoms with Gasteiger partial charge in [-0.05, 0) is 79.5 Å². The minimum Gasteiger partial charge on any atom is -0.487 e. The molecule has 1 saturated heterocycles. The number of halogens is 1. The van der Waals surface area contributed by atoms with Gasteiger partial charge in [-0.3, -0.25) is 4.79 Å². The normalized spacial score (nSPS) is 14.5. The van der Waals surface area contributed by atoms with Crippen molar-refractivity contribution in [2.24, 2.45) is 0 Å². The van der Waals surface area contributed by atoms with E-state index in [1.165, 1.54) is 0 Å². The number of pyridine rings is 1. The zero-order valence-electron chi connectivity index (χ0n) is 19.9. The molecule has 3 aromatic carbocycles. The first-order valence-corrected chi connectivity index (χ1v) is 12.6. The van der Waals surface area contributed by atoms with Crippen molar-refractivity contribution in [3.05, 3.63) is 107 Å². The molecule has 2 heterocycles. The van der Waals surface area contributed by atoms with E-state index in [4.69, 9.17) is 16.3 Å². The highest BCUT2D eigenvalue weighted by molar-refractivity contribution is 6.30. The smallest absolute Gasteiger partial charge is 0.252 e. The molecule has 0 unspecified atom stereocenters. The van der Waals surface area contributed by atoms with Crippen LogP contribution in [0.15, 0.2) is 84.9 Å². The lowest BCUT2D eigenvalue weighted by molar-refractivity contribution is -0.116. The maximum atomic E-state index is 13.3. The second-order valence-corrected chi connectivity index (χ2v) is 9.35. The molecule has 2 N–H and O–H groups in total.